The van der Waals surface area contributed by atoms with Crippen LogP contribution in [-0.2, 0) is 17.6 Å². The monoisotopic (exact) mass is 298 g/mol. The molecule has 1 unspecified atom stereocenters. The zero-order chi connectivity index (χ0) is 15.5. The van der Waals surface area contributed by atoms with E-state index in [0.717, 1.165) is 16.8 Å². The van der Waals surface area contributed by atoms with Gasteiger partial charge in [-0.15, -0.1) is 0 Å². The van der Waals surface area contributed by atoms with Crippen LogP contribution in [0.25, 0.3) is 11.0 Å². The first-order valence-electron chi connectivity index (χ1n) is 7.25. The smallest absolute Gasteiger partial charge is 0.226 e. The van der Waals surface area contributed by atoms with Crippen LogP contribution in [-0.4, -0.2) is 27.3 Å². The maximum Gasteiger partial charge on any atom is 0.226 e. The van der Waals surface area contributed by atoms with Gasteiger partial charge in [0.1, 0.15) is 5.69 Å². The second kappa shape index (κ2) is 6.01. The minimum absolute atomic E-state index is 0.00775. The van der Waals surface area contributed by atoms with Crippen LogP contribution < -0.4 is 5.32 Å². The topological polar surface area (TPSA) is 83.8 Å². The molecule has 0 fully saturated rings. The van der Waals surface area contributed by atoms with E-state index in [4.69, 9.17) is 4.52 Å². The number of nitrogens with one attached hydrogen (secondary N) is 2. The van der Waals surface area contributed by atoms with Crippen molar-refractivity contribution in [1.82, 2.24) is 20.7 Å². The lowest BCUT2D eigenvalue weighted by Gasteiger charge is -2.11. The Morgan fingerprint density at radius 2 is 2.23 bits per heavy atom. The van der Waals surface area contributed by atoms with Gasteiger partial charge in [-0.05, 0) is 32.0 Å². The van der Waals surface area contributed by atoms with E-state index in [1.165, 1.54) is 0 Å². The van der Waals surface area contributed by atoms with Gasteiger partial charge in [0.25, 0.3) is 0 Å². The Balaban J connectivity index is 1.60. The first-order chi connectivity index (χ1) is 10.6. The molecule has 22 heavy (non-hydrogen) atoms. The molecule has 0 aliphatic carbocycles. The summed E-state index contributed by atoms with van der Waals surface area (Å²) in [4.78, 5) is 12.1. The highest BCUT2D eigenvalue weighted by Crippen LogP contribution is 2.18. The molecule has 6 nitrogen and oxygen atoms in total. The quantitative estimate of drug-likeness (QED) is 0.756. The molecule has 114 valence electrons. The normalized spacial score (nSPS) is 12.5. The van der Waals surface area contributed by atoms with E-state index in [-0.39, 0.29) is 18.4 Å². The van der Waals surface area contributed by atoms with Crippen molar-refractivity contribution >= 4 is 16.9 Å². The van der Waals surface area contributed by atoms with Gasteiger partial charge in [0.15, 0.2) is 5.58 Å². The van der Waals surface area contributed by atoms with Gasteiger partial charge < -0.3 is 9.84 Å². The van der Waals surface area contributed by atoms with Gasteiger partial charge >= 0.3 is 0 Å². The SMILES string of the molecule is Cc1cc(CC(C)NC(=O)Cc2noc3ccccc23)n[nH]1. The van der Waals surface area contributed by atoms with Crippen LogP contribution in [0.3, 0.4) is 0 Å². The molecule has 0 radical (unpaired) electrons. The highest BCUT2D eigenvalue weighted by Gasteiger charge is 2.14. The molecule has 6 heteroatoms. The fourth-order valence-electron chi connectivity index (χ4n) is 2.49. The maximum atomic E-state index is 12.1. The third-order valence-electron chi connectivity index (χ3n) is 3.46. The molecular weight excluding hydrogens is 280 g/mol. The number of aromatic nitrogens is 3. The van der Waals surface area contributed by atoms with Gasteiger partial charge in [-0.25, -0.2) is 0 Å². The van der Waals surface area contributed by atoms with E-state index in [2.05, 4.69) is 20.7 Å². The number of H-pyrrole nitrogens is 1. The number of aryl methyl sites for hydroxylation is 1. The van der Waals surface area contributed by atoms with Gasteiger partial charge in [0, 0.05) is 23.5 Å². The molecule has 0 spiro atoms. The Labute approximate surface area is 127 Å². The summed E-state index contributed by atoms with van der Waals surface area (Å²) in [6.07, 6.45) is 0.899. The molecule has 0 bridgehead atoms. The lowest BCUT2D eigenvalue weighted by atomic mass is 10.1. The zero-order valence-corrected chi connectivity index (χ0v) is 12.6. The van der Waals surface area contributed by atoms with Crippen molar-refractivity contribution in [3.05, 3.63) is 47.4 Å². The summed E-state index contributed by atoms with van der Waals surface area (Å²) >= 11 is 0. The Bertz CT molecular complexity index is 790. The van der Waals surface area contributed by atoms with Crippen molar-refractivity contribution in [3.8, 4) is 0 Å². The summed E-state index contributed by atoms with van der Waals surface area (Å²) in [5, 5.41) is 14.9. The van der Waals surface area contributed by atoms with E-state index in [1.54, 1.807) is 0 Å². The summed E-state index contributed by atoms with van der Waals surface area (Å²) in [6, 6.07) is 9.52. The summed E-state index contributed by atoms with van der Waals surface area (Å²) < 4.78 is 5.21. The molecule has 2 aromatic heterocycles. The van der Waals surface area contributed by atoms with Crippen molar-refractivity contribution in [2.24, 2.45) is 0 Å². The van der Waals surface area contributed by atoms with Crippen LogP contribution >= 0.6 is 0 Å². The summed E-state index contributed by atoms with van der Waals surface area (Å²) in [7, 11) is 0. The van der Waals surface area contributed by atoms with Crippen molar-refractivity contribution in [2.45, 2.75) is 32.7 Å². The van der Waals surface area contributed by atoms with Gasteiger partial charge in [-0.1, -0.05) is 17.3 Å². The predicted octanol–water partition coefficient (Wildman–Crippen LogP) is 2.15. The maximum absolute atomic E-state index is 12.1. The number of hydrogen-bond acceptors (Lipinski definition) is 4. The van der Waals surface area contributed by atoms with Crippen molar-refractivity contribution in [2.75, 3.05) is 0 Å². The highest BCUT2D eigenvalue weighted by molar-refractivity contribution is 5.86. The molecule has 3 aromatic rings. The second-order valence-corrected chi connectivity index (χ2v) is 5.52. The summed E-state index contributed by atoms with van der Waals surface area (Å²) in [5.41, 5.74) is 3.32. The number of rotatable bonds is 5. The first-order valence-corrected chi connectivity index (χ1v) is 7.25. The van der Waals surface area contributed by atoms with Crippen molar-refractivity contribution in [1.29, 1.82) is 0 Å². The second-order valence-electron chi connectivity index (χ2n) is 5.52. The van der Waals surface area contributed by atoms with Crippen LogP contribution in [0.15, 0.2) is 34.9 Å². The van der Waals surface area contributed by atoms with Crippen LogP contribution in [0.1, 0.15) is 24.0 Å². The molecule has 0 aliphatic rings. The number of carbonyl (C=O) groups excluding carboxylic acids is 1. The summed E-state index contributed by atoms with van der Waals surface area (Å²) in [6.45, 7) is 3.91. The number of fused-ring (bicyclic) bond motifs is 1. The number of benzene rings is 1. The van der Waals surface area contributed by atoms with Gasteiger partial charge in [-0.2, -0.15) is 5.10 Å². The third kappa shape index (κ3) is 3.16. The number of aromatic amines is 1. The molecule has 2 heterocycles. The van der Waals surface area contributed by atoms with Gasteiger partial charge in [0.2, 0.25) is 5.91 Å². The van der Waals surface area contributed by atoms with Crippen molar-refractivity contribution < 1.29 is 9.32 Å². The summed E-state index contributed by atoms with van der Waals surface area (Å²) in [5.74, 6) is -0.0705. The standard InChI is InChI=1S/C16H18N4O2/c1-10(7-12-8-11(2)18-19-12)17-16(21)9-14-13-5-3-4-6-15(13)22-20-14/h3-6,8,10H,7,9H2,1-2H3,(H,17,21)(H,18,19). The van der Waals surface area contributed by atoms with Crippen LogP contribution in [0, 0.1) is 6.92 Å². The molecule has 3 rings (SSSR count). The molecule has 0 saturated heterocycles. The van der Waals surface area contributed by atoms with Crippen molar-refractivity contribution in [3.63, 3.8) is 0 Å². The number of nitrogens with zero attached hydrogens (tertiary/aromatic N) is 2. The minimum atomic E-state index is -0.0705. The first kappa shape index (κ1) is 14.3. The van der Waals surface area contributed by atoms with Crippen LogP contribution in [0.4, 0.5) is 0 Å². The molecule has 0 aliphatic heterocycles. The zero-order valence-electron chi connectivity index (χ0n) is 12.6. The fourth-order valence-corrected chi connectivity index (χ4v) is 2.49. The molecule has 1 atom stereocenters. The van der Waals surface area contributed by atoms with E-state index >= 15 is 0 Å². The molecular formula is C16H18N4O2. The van der Waals surface area contributed by atoms with Crippen LogP contribution in [0.2, 0.25) is 0 Å². The van der Waals surface area contributed by atoms with Gasteiger partial charge in [-0.3, -0.25) is 9.89 Å². The number of amides is 1. The van der Waals surface area contributed by atoms with E-state index in [0.29, 0.717) is 17.7 Å². The lowest BCUT2D eigenvalue weighted by molar-refractivity contribution is -0.121. The Morgan fingerprint density at radius 1 is 1.41 bits per heavy atom. The fraction of sp³-hybridized carbons (Fsp3) is 0.312. The average Bonchev–Trinajstić information content (AvgIpc) is 3.06. The largest absolute Gasteiger partial charge is 0.356 e. The lowest BCUT2D eigenvalue weighted by Crippen LogP contribution is -2.35. The van der Waals surface area contributed by atoms with E-state index in [1.807, 2.05) is 44.2 Å². The van der Waals surface area contributed by atoms with E-state index in [9.17, 15) is 4.79 Å². The Hall–Kier alpha value is -2.63. The predicted molar refractivity (Wildman–Crippen MR) is 82.3 cm³/mol. The van der Waals surface area contributed by atoms with Gasteiger partial charge in [0.05, 0.1) is 12.1 Å². The molecule has 1 amide bonds. The Kier molecular flexibility index (Phi) is 3.91. The molecule has 2 N–H and O–H groups in total. The Morgan fingerprint density at radius 3 is 3.00 bits per heavy atom. The number of carbonyl (C=O) groups is 1. The highest BCUT2D eigenvalue weighted by atomic mass is 16.5. The van der Waals surface area contributed by atoms with E-state index < -0.39 is 0 Å². The molecule has 0 saturated carbocycles. The molecule has 1 aromatic carbocycles. The minimum Gasteiger partial charge on any atom is -0.356 e. The number of hydrogen-bond donors (Lipinski definition) is 2. The third-order valence-corrected chi connectivity index (χ3v) is 3.46. The number of para-hydroxylation sites is 1. The average molecular weight is 298 g/mol. The van der Waals surface area contributed by atoms with Crippen LogP contribution in [0.5, 0.6) is 0 Å².